The zero-order valence-electron chi connectivity index (χ0n) is 18.4. The van der Waals surface area contributed by atoms with E-state index in [9.17, 15) is 9.59 Å². The second-order valence-corrected chi connectivity index (χ2v) is 9.17. The second kappa shape index (κ2) is 8.34. The highest BCUT2D eigenvalue weighted by Crippen LogP contribution is 2.35. The zero-order valence-corrected chi connectivity index (χ0v) is 19.3. The van der Waals surface area contributed by atoms with E-state index >= 15 is 0 Å². The number of nitrogens with zero attached hydrogens (tertiary/aromatic N) is 3. The SMILES string of the molecule is NC(=O)c1cc(-c2ccccc2)sc1NC(=O)Cn1c2ccccc2c2nc3ccccc3nc21. The lowest BCUT2D eigenvalue weighted by Crippen LogP contribution is -2.20. The Labute approximate surface area is 203 Å². The number of carbonyl (C=O) groups excluding carboxylic acids is 2. The number of primary amides is 1. The highest BCUT2D eigenvalue weighted by Gasteiger charge is 2.20. The van der Waals surface area contributed by atoms with Crippen molar-refractivity contribution < 1.29 is 9.59 Å². The Morgan fingerprint density at radius 2 is 1.57 bits per heavy atom. The number of hydrogen-bond acceptors (Lipinski definition) is 5. The number of benzene rings is 3. The Morgan fingerprint density at radius 3 is 2.34 bits per heavy atom. The highest BCUT2D eigenvalue weighted by atomic mass is 32.1. The molecule has 35 heavy (non-hydrogen) atoms. The smallest absolute Gasteiger partial charge is 0.251 e. The number of nitrogens with two attached hydrogens (primary N) is 1. The molecule has 3 aromatic heterocycles. The third kappa shape index (κ3) is 3.70. The quantitative estimate of drug-likeness (QED) is 0.356. The minimum atomic E-state index is -0.590. The maximum absolute atomic E-state index is 13.2. The van der Waals surface area contributed by atoms with E-state index < -0.39 is 5.91 Å². The molecule has 0 aliphatic carbocycles. The average Bonchev–Trinajstić information content (AvgIpc) is 3.43. The Hall–Kier alpha value is -4.56. The summed E-state index contributed by atoms with van der Waals surface area (Å²) in [5.74, 6) is -0.875. The lowest BCUT2D eigenvalue weighted by atomic mass is 10.1. The molecule has 0 saturated carbocycles. The highest BCUT2D eigenvalue weighted by molar-refractivity contribution is 7.20. The van der Waals surface area contributed by atoms with E-state index in [0.29, 0.717) is 10.6 Å². The molecule has 3 N–H and O–H groups in total. The summed E-state index contributed by atoms with van der Waals surface area (Å²) in [6.07, 6.45) is 0. The molecule has 0 spiro atoms. The van der Waals surface area contributed by atoms with Crippen molar-refractivity contribution in [2.24, 2.45) is 5.73 Å². The minimum absolute atomic E-state index is 0.00774. The predicted octanol–water partition coefficient (Wildman–Crippen LogP) is 5.20. The van der Waals surface area contributed by atoms with Gasteiger partial charge in [0.15, 0.2) is 5.65 Å². The molecule has 3 heterocycles. The first-order valence-corrected chi connectivity index (χ1v) is 11.8. The number of amides is 2. The van der Waals surface area contributed by atoms with Crippen molar-refractivity contribution in [3.8, 4) is 10.4 Å². The fourth-order valence-corrected chi connectivity index (χ4v) is 5.35. The predicted molar refractivity (Wildman–Crippen MR) is 139 cm³/mol. The maximum Gasteiger partial charge on any atom is 0.251 e. The Bertz CT molecular complexity index is 1750. The summed E-state index contributed by atoms with van der Waals surface area (Å²) in [7, 11) is 0. The summed E-state index contributed by atoms with van der Waals surface area (Å²) in [6, 6.07) is 26.8. The van der Waals surface area contributed by atoms with Gasteiger partial charge in [-0.05, 0) is 29.8 Å². The number of aromatic nitrogens is 3. The van der Waals surface area contributed by atoms with Crippen LogP contribution in [0.3, 0.4) is 0 Å². The van der Waals surface area contributed by atoms with Gasteiger partial charge in [0.1, 0.15) is 17.1 Å². The topological polar surface area (TPSA) is 103 Å². The molecule has 8 heteroatoms. The molecule has 0 unspecified atom stereocenters. The third-order valence-corrected chi connectivity index (χ3v) is 6.97. The largest absolute Gasteiger partial charge is 0.366 e. The van der Waals surface area contributed by atoms with Gasteiger partial charge in [-0.2, -0.15) is 0 Å². The maximum atomic E-state index is 13.2. The van der Waals surface area contributed by atoms with E-state index in [0.717, 1.165) is 37.9 Å². The number of thiophene rings is 1. The summed E-state index contributed by atoms with van der Waals surface area (Å²) < 4.78 is 1.86. The van der Waals surface area contributed by atoms with Crippen molar-refractivity contribution in [3.05, 3.63) is 90.5 Å². The van der Waals surface area contributed by atoms with Crippen molar-refractivity contribution >= 4 is 61.3 Å². The molecule has 2 amide bonds. The Kier molecular flexibility index (Phi) is 5.00. The standard InChI is InChI=1S/C27H19N5O2S/c28-25(34)18-14-22(16-8-2-1-3-9-16)35-27(18)31-23(33)15-32-21-13-7-4-10-17(21)24-26(32)30-20-12-6-5-11-19(20)29-24/h1-14H,15H2,(H2,28,34)(H,31,33). The van der Waals surface area contributed by atoms with Gasteiger partial charge >= 0.3 is 0 Å². The molecule has 6 aromatic rings. The van der Waals surface area contributed by atoms with Crippen LogP contribution < -0.4 is 11.1 Å². The van der Waals surface area contributed by atoms with E-state index in [2.05, 4.69) is 5.32 Å². The van der Waals surface area contributed by atoms with Gasteiger partial charge in [0.2, 0.25) is 5.91 Å². The molecule has 0 bridgehead atoms. The Morgan fingerprint density at radius 1 is 0.886 bits per heavy atom. The molecule has 0 aliphatic rings. The van der Waals surface area contributed by atoms with Crippen molar-refractivity contribution in [1.82, 2.24) is 14.5 Å². The van der Waals surface area contributed by atoms with Crippen LogP contribution in [0.1, 0.15) is 10.4 Å². The lowest BCUT2D eigenvalue weighted by Gasteiger charge is -2.08. The van der Waals surface area contributed by atoms with Gasteiger partial charge in [0, 0.05) is 10.3 Å². The van der Waals surface area contributed by atoms with Crippen LogP contribution in [-0.2, 0) is 11.3 Å². The number of carbonyl (C=O) groups is 2. The van der Waals surface area contributed by atoms with Crippen molar-refractivity contribution in [3.63, 3.8) is 0 Å². The number of para-hydroxylation sites is 3. The molecule has 7 nitrogen and oxygen atoms in total. The van der Waals surface area contributed by atoms with Crippen LogP contribution in [-0.4, -0.2) is 26.3 Å². The van der Waals surface area contributed by atoms with Crippen molar-refractivity contribution in [1.29, 1.82) is 0 Å². The number of rotatable bonds is 5. The molecule has 6 rings (SSSR count). The van der Waals surface area contributed by atoms with E-state index in [-0.39, 0.29) is 18.0 Å². The zero-order chi connectivity index (χ0) is 23.9. The first kappa shape index (κ1) is 21.0. The third-order valence-electron chi connectivity index (χ3n) is 5.87. The Balaban J connectivity index is 1.40. The van der Waals surface area contributed by atoms with E-state index in [1.54, 1.807) is 6.07 Å². The fourth-order valence-electron chi connectivity index (χ4n) is 4.26. The van der Waals surface area contributed by atoms with Crippen LogP contribution in [0.4, 0.5) is 5.00 Å². The van der Waals surface area contributed by atoms with Gasteiger partial charge in [-0.15, -0.1) is 11.3 Å². The van der Waals surface area contributed by atoms with Crippen molar-refractivity contribution in [2.75, 3.05) is 5.32 Å². The number of fused-ring (bicyclic) bond motifs is 4. The lowest BCUT2D eigenvalue weighted by molar-refractivity contribution is -0.116. The van der Waals surface area contributed by atoms with Crippen LogP contribution in [0.15, 0.2) is 84.9 Å². The summed E-state index contributed by atoms with van der Waals surface area (Å²) in [5, 5.41) is 4.25. The molecule has 0 aliphatic heterocycles. The molecule has 170 valence electrons. The summed E-state index contributed by atoms with van der Waals surface area (Å²) in [6.45, 7) is 0.00774. The average molecular weight is 478 g/mol. The van der Waals surface area contributed by atoms with Crippen molar-refractivity contribution in [2.45, 2.75) is 6.54 Å². The van der Waals surface area contributed by atoms with Crippen LogP contribution >= 0.6 is 11.3 Å². The summed E-state index contributed by atoms with van der Waals surface area (Å²) in [5.41, 5.74) is 10.6. The van der Waals surface area contributed by atoms with E-state index in [1.165, 1.54) is 11.3 Å². The first-order chi connectivity index (χ1) is 17.1. The molecule has 0 saturated heterocycles. The number of anilines is 1. The summed E-state index contributed by atoms with van der Waals surface area (Å²) >= 11 is 1.32. The van der Waals surface area contributed by atoms with Crippen LogP contribution in [0.5, 0.6) is 0 Å². The monoisotopic (exact) mass is 477 g/mol. The number of nitrogens with one attached hydrogen (secondary N) is 1. The van der Waals surface area contributed by atoms with E-state index in [4.69, 9.17) is 15.7 Å². The van der Waals surface area contributed by atoms with Crippen LogP contribution in [0.2, 0.25) is 0 Å². The minimum Gasteiger partial charge on any atom is -0.366 e. The molecular weight excluding hydrogens is 458 g/mol. The number of hydrogen-bond donors (Lipinski definition) is 2. The van der Waals surface area contributed by atoms with Gasteiger partial charge in [0.25, 0.3) is 5.91 Å². The van der Waals surface area contributed by atoms with E-state index in [1.807, 2.05) is 83.4 Å². The normalized spacial score (nSPS) is 11.3. The van der Waals surface area contributed by atoms with Gasteiger partial charge in [-0.1, -0.05) is 60.7 Å². The van der Waals surface area contributed by atoms with Gasteiger partial charge in [0.05, 0.1) is 22.1 Å². The van der Waals surface area contributed by atoms with Gasteiger partial charge in [-0.25, -0.2) is 9.97 Å². The van der Waals surface area contributed by atoms with Crippen LogP contribution in [0, 0.1) is 0 Å². The molecule has 0 radical (unpaired) electrons. The molecule has 3 aromatic carbocycles. The van der Waals surface area contributed by atoms with Gasteiger partial charge < -0.3 is 15.6 Å². The molecule has 0 fully saturated rings. The first-order valence-electron chi connectivity index (χ1n) is 11.0. The molecule has 0 atom stereocenters. The summed E-state index contributed by atoms with van der Waals surface area (Å²) in [4.78, 5) is 35.8. The van der Waals surface area contributed by atoms with Crippen LogP contribution in [0.25, 0.3) is 43.5 Å². The second-order valence-electron chi connectivity index (χ2n) is 8.12. The fraction of sp³-hybridized carbons (Fsp3) is 0.0370. The molecular formula is C27H19N5O2S. The van der Waals surface area contributed by atoms with Gasteiger partial charge in [-0.3, -0.25) is 9.59 Å².